The molecule has 0 aliphatic carbocycles. The van der Waals surface area contributed by atoms with Gasteiger partial charge in [-0.05, 0) is 24.3 Å². The molecular formula is C11H13N3O2S. The van der Waals surface area contributed by atoms with E-state index in [0.717, 1.165) is 10.9 Å². The smallest absolute Gasteiger partial charge is 0.233 e. The van der Waals surface area contributed by atoms with E-state index in [1.54, 1.807) is 30.5 Å². The van der Waals surface area contributed by atoms with Crippen molar-refractivity contribution < 1.29 is 8.42 Å². The molecule has 1 aromatic heterocycles. The molecule has 17 heavy (non-hydrogen) atoms. The summed E-state index contributed by atoms with van der Waals surface area (Å²) in [5, 5.41) is 0.889. The highest BCUT2D eigenvalue weighted by atomic mass is 32.2. The van der Waals surface area contributed by atoms with Crippen molar-refractivity contribution in [3.63, 3.8) is 0 Å². The molecule has 3 N–H and O–H groups in total. The van der Waals surface area contributed by atoms with Crippen molar-refractivity contribution >= 4 is 26.6 Å². The van der Waals surface area contributed by atoms with Crippen LogP contribution in [-0.4, -0.2) is 25.7 Å². The molecular weight excluding hydrogens is 238 g/mol. The molecule has 0 amide bonds. The predicted molar refractivity (Wildman–Crippen MR) is 68.2 cm³/mol. The van der Waals surface area contributed by atoms with E-state index in [1.807, 2.05) is 6.07 Å². The van der Waals surface area contributed by atoms with Gasteiger partial charge < -0.3 is 5.73 Å². The van der Waals surface area contributed by atoms with Gasteiger partial charge in [0.1, 0.15) is 0 Å². The van der Waals surface area contributed by atoms with Crippen molar-refractivity contribution in [1.29, 1.82) is 0 Å². The van der Waals surface area contributed by atoms with E-state index in [4.69, 9.17) is 5.73 Å². The summed E-state index contributed by atoms with van der Waals surface area (Å²) in [5.41, 5.74) is 6.58. The van der Waals surface area contributed by atoms with Crippen LogP contribution in [0.25, 0.3) is 10.9 Å². The largest absolute Gasteiger partial charge is 0.329 e. The Morgan fingerprint density at radius 3 is 2.88 bits per heavy atom. The quantitative estimate of drug-likeness (QED) is 0.846. The minimum atomic E-state index is -3.35. The van der Waals surface area contributed by atoms with E-state index < -0.39 is 10.0 Å². The second-order valence-electron chi connectivity index (χ2n) is 3.62. The first kappa shape index (κ1) is 11.8. The lowest BCUT2D eigenvalue weighted by molar-refractivity contribution is 0.601. The zero-order valence-corrected chi connectivity index (χ0v) is 9.94. The number of fused-ring (bicyclic) bond motifs is 1. The first-order valence-corrected chi connectivity index (χ1v) is 6.81. The van der Waals surface area contributed by atoms with Crippen LogP contribution in [0.4, 0.5) is 5.69 Å². The first-order chi connectivity index (χ1) is 8.11. The Balaban J connectivity index is 2.31. The summed E-state index contributed by atoms with van der Waals surface area (Å²) < 4.78 is 25.5. The fourth-order valence-corrected chi connectivity index (χ4v) is 2.42. The number of nitrogens with zero attached hydrogens (tertiary/aromatic N) is 1. The van der Waals surface area contributed by atoms with E-state index >= 15 is 0 Å². The third-order valence-electron chi connectivity index (χ3n) is 2.26. The molecule has 0 atom stereocenters. The zero-order valence-electron chi connectivity index (χ0n) is 9.13. The summed E-state index contributed by atoms with van der Waals surface area (Å²) >= 11 is 0. The third-order valence-corrected chi connectivity index (χ3v) is 3.58. The molecule has 0 unspecified atom stereocenters. The molecule has 0 fully saturated rings. The molecule has 2 rings (SSSR count). The molecule has 0 radical (unpaired) electrons. The minimum absolute atomic E-state index is 0.0852. The Bertz CT molecular complexity index is 625. The average molecular weight is 251 g/mol. The summed E-state index contributed by atoms with van der Waals surface area (Å²) in [6, 6.07) is 8.89. The van der Waals surface area contributed by atoms with Crippen molar-refractivity contribution in [3.8, 4) is 0 Å². The SMILES string of the molecule is NCCS(=O)(=O)Nc1ccc2ncccc2c1. The van der Waals surface area contributed by atoms with Gasteiger partial charge in [0.15, 0.2) is 0 Å². The lowest BCUT2D eigenvalue weighted by Gasteiger charge is -2.07. The zero-order chi connectivity index (χ0) is 12.3. The Morgan fingerprint density at radius 1 is 1.29 bits per heavy atom. The van der Waals surface area contributed by atoms with Gasteiger partial charge in [-0.25, -0.2) is 8.42 Å². The monoisotopic (exact) mass is 251 g/mol. The number of rotatable bonds is 4. The Morgan fingerprint density at radius 2 is 2.12 bits per heavy atom. The lowest BCUT2D eigenvalue weighted by Crippen LogP contribution is -2.22. The molecule has 90 valence electrons. The standard InChI is InChI=1S/C11H13N3O2S/c12-5-7-17(15,16)14-10-3-4-11-9(8-10)2-1-6-13-11/h1-4,6,8,14H,5,7,12H2. The van der Waals surface area contributed by atoms with Gasteiger partial charge in [-0.3, -0.25) is 9.71 Å². The summed E-state index contributed by atoms with van der Waals surface area (Å²) in [7, 11) is -3.35. The number of nitrogens with two attached hydrogens (primary N) is 1. The summed E-state index contributed by atoms with van der Waals surface area (Å²) in [4.78, 5) is 4.16. The van der Waals surface area contributed by atoms with Crippen LogP contribution in [0.2, 0.25) is 0 Å². The van der Waals surface area contributed by atoms with E-state index in [9.17, 15) is 8.42 Å². The van der Waals surface area contributed by atoms with Gasteiger partial charge in [0.25, 0.3) is 0 Å². The van der Waals surface area contributed by atoms with Crippen LogP contribution in [-0.2, 0) is 10.0 Å². The molecule has 0 saturated heterocycles. The molecule has 6 heteroatoms. The van der Waals surface area contributed by atoms with E-state index in [2.05, 4.69) is 9.71 Å². The molecule has 1 heterocycles. The predicted octanol–water partition coefficient (Wildman–Crippen LogP) is 0.935. The van der Waals surface area contributed by atoms with Crippen LogP contribution in [0.5, 0.6) is 0 Å². The second-order valence-corrected chi connectivity index (χ2v) is 5.46. The topological polar surface area (TPSA) is 85.1 Å². The molecule has 0 saturated carbocycles. The Hall–Kier alpha value is -1.66. The van der Waals surface area contributed by atoms with E-state index in [0.29, 0.717) is 5.69 Å². The molecule has 2 aromatic rings. The van der Waals surface area contributed by atoms with Crippen LogP contribution in [0.1, 0.15) is 0 Å². The van der Waals surface area contributed by atoms with E-state index in [1.165, 1.54) is 0 Å². The number of anilines is 1. The van der Waals surface area contributed by atoms with Crippen molar-refractivity contribution in [2.45, 2.75) is 0 Å². The van der Waals surface area contributed by atoms with Crippen LogP contribution < -0.4 is 10.5 Å². The van der Waals surface area contributed by atoms with Crippen LogP contribution in [0.3, 0.4) is 0 Å². The Kier molecular flexibility index (Phi) is 3.26. The van der Waals surface area contributed by atoms with Gasteiger partial charge in [-0.1, -0.05) is 6.07 Å². The minimum Gasteiger partial charge on any atom is -0.329 e. The number of aromatic nitrogens is 1. The molecule has 0 spiro atoms. The van der Waals surface area contributed by atoms with Crippen LogP contribution in [0.15, 0.2) is 36.5 Å². The molecule has 0 aliphatic heterocycles. The van der Waals surface area contributed by atoms with Gasteiger partial charge in [0, 0.05) is 23.8 Å². The fraction of sp³-hybridized carbons (Fsp3) is 0.182. The molecule has 0 bridgehead atoms. The van der Waals surface area contributed by atoms with Gasteiger partial charge in [-0.2, -0.15) is 0 Å². The first-order valence-electron chi connectivity index (χ1n) is 5.16. The van der Waals surface area contributed by atoms with Gasteiger partial charge in [-0.15, -0.1) is 0 Å². The molecule has 0 aliphatic rings. The second kappa shape index (κ2) is 4.68. The van der Waals surface area contributed by atoms with Gasteiger partial charge in [0.05, 0.1) is 11.3 Å². The number of hydrogen-bond donors (Lipinski definition) is 2. The number of nitrogens with one attached hydrogen (secondary N) is 1. The van der Waals surface area contributed by atoms with E-state index in [-0.39, 0.29) is 12.3 Å². The van der Waals surface area contributed by atoms with Crippen molar-refractivity contribution in [2.75, 3.05) is 17.0 Å². The fourth-order valence-electron chi connectivity index (χ4n) is 1.52. The highest BCUT2D eigenvalue weighted by molar-refractivity contribution is 7.92. The van der Waals surface area contributed by atoms with Crippen molar-refractivity contribution in [3.05, 3.63) is 36.5 Å². The summed E-state index contributed by atoms with van der Waals surface area (Å²) in [6.07, 6.45) is 1.70. The van der Waals surface area contributed by atoms with Crippen LogP contribution >= 0.6 is 0 Å². The number of benzene rings is 1. The maximum Gasteiger partial charge on any atom is 0.233 e. The highest BCUT2D eigenvalue weighted by Gasteiger charge is 2.08. The van der Waals surface area contributed by atoms with Crippen molar-refractivity contribution in [2.24, 2.45) is 5.73 Å². The summed E-state index contributed by atoms with van der Waals surface area (Å²) in [6.45, 7) is 0.102. The number of sulfonamides is 1. The van der Waals surface area contributed by atoms with Crippen molar-refractivity contribution in [1.82, 2.24) is 4.98 Å². The number of hydrogen-bond acceptors (Lipinski definition) is 4. The average Bonchev–Trinajstić information content (AvgIpc) is 2.28. The maximum absolute atomic E-state index is 11.5. The molecule has 1 aromatic carbocycles. The van der Waals surface area contributed by atoms with Crippen LogP contribution in [0, 0.1) is 0 Å². The van der Waals surface area contributed by atoms with Gasteiger partial charge >= 0.3 is 0 Å². The maximum atomic E-state index is 11.5. The Labute approximate surface area is 99.7 Å². The molecule has 5 nitrogen and oxygen atoms in total. The summed E-state index contributed by atoms with van der Waals surface area (Å²) in [5.74, 6) is -0.0852. The third kappa shape index (κ3) is 2.92. The lowest BCUT2D eigenvalue weighted by atomic mass is 10.2. The number of pyridine rings is 1. The highest BCUT2D eigenvalue weighted by Crippen LogP contribution is 2.17. The van der Waals surface area contributed by atoms with Gasteiger partial charge in [0.2, 0.25) is 10.0 Å². The normalized spacial score (nSPS) is 11.6.